The van der Waals surface area contributed by atoms with E-state index in [0.717, 1.165) is 26.1 Å². The Morgan fingerprint density at radius 2 is 1.96 bits per heavy atom. The van der Waals surface area contributed by atoms with Gasteiger partial charge in [-0.2, -0.15) is 20.5 Å². The number of alkyl halides is 2. The topological polar surface area (TPSA) is 75.1 Å². The number of halogens is 2. The first kappa shape index (κ1) is 22.7. The molecule has 3 N–H and O–H groups in total. The third-order valence-electron chi connectivity index (χ3n) is 4.66. The van der Waals surface area contributed by atoms with Gasteiger partial charge < -0.3 is 25.2 Å². The van der Waals surface area contributed by atoms with Gasteiger partial charge in [0.05, 0.1) is 12.6 Å². The third-order valence-corrected chi connectivity index (χ3v) is 6.06. The van der Waals surface area contributed by atoms with E-state index in [0.29, 0.717) is 24.6 Å². The van der Waals surface area contributed by atoms with E-state index >= 15 is 0 Å². The van der Waals surface area contributed by atoms with Crippen LogP contribution in [0.25, 0.3) is 0 Å². The molecule has 0 spiro atoms. The molecule has 28 heavy (non-hydrogen) atoms. The lowest BCUT2D eigenvalue weighted by molar-refractivity contribution is -0.0498. The van der Waals surface area contributed by atoms with Gasteiger partial charge in [-0.3, -0.25) is 4.99 Å². The Morgan fingerprint density at radius 1 is 1.29 bits per heavy atom. The predicted molar refractivity (Wildman–Crippen MR) is 108 cm³/mol. The molecule has 0 saturated carbocycles. The largest absolute Gasteiger partial charge is 0.435 e. The van der Waals surface area contributed by atoms with E-state index in [1.54, 1.807) is 12.1 Å². The Hall–Kier alpha value is -1.58. The van der Waals surface area contributed by atoms with Crippen molar-refractivity contribution in [3.05, 3.63) is 29.8 Å². The Kier molecular flexibility index (Phi) is 9.27. The maximum Gasteiger partial charge on any atom is 0.387 e. The van der Waals surface area contributed by atoms with E-state index in [9.17, 15) is 13.9 Å². The van der Waals surface area contributed by atoms with Crippen molar-refractivity contribution in [3.8, 4) is 5.75 Å². The van der Waals surface area contributed by atoms with Crippen LogP contribution in [0.5, 0.6) is 5.75 Å². The fraction of sp³-hybridized carbons (Fsp3) is 0.632. The molecule has 0 radical (unpaired) electrons. The van der Waals surface area contributed by atoms with Crippen molar-refractivity contribution in [2.45, 2.75) is 37.2 Å². The van der Waals surface area contributed by atoms with Gasteiger partial charge in [-0.15, -0.1) is 0 Å². The molecular weight excluding hydrogens is 388 g/mol. The van der Waals surface area contributed by atoms with E-state index in [1.807, 2.05) is 18.7 Å². The Morgan fingerprint density at radius 3 is 2.54 bits per heavy atom. The molecule has 1 saturated heterocycles. The van der Waals surface area contributed by atoms with E-state index in [-0.39, 0.29) is 17.0 Å². The van der Waals surface area contributed by atoms with Crippen LogP contribution in [-0.4, -0.2) is 61.5 Å². The summed E-state index contributed by atoms with van der Waals surface area (Å²) in [5.41, 5.74) is 0.606. The van der Waals surface area contributed by atoms with Gasteiger partial charge in [0.1, 0.15) is 5.75 Å². The molecule has 1 aromatic carbocycles. The molecule has 1 aliphatic heterocycles. The van der Waals surface area contributed by atoms with Gasteiger partial charge in [0.2, 0.25) is 0 Å². The van der Waals surface area contributed by atoms with Crippen LogP contribution in [0.2, 0.25) is 0 Å². The van der Waals surface area contributed by atoms with E-state index in [2.05, 4.69) is 21.6 Å². The molecule has 1 atom stereocenters. The summed E-state index contributed by atoms with van der Waals surface area (Å²) in [7, 11) is 0. The molecule has 6 nitrogen and oxygen atoms in total. The standard InChI is InChI=1S/C19H29F2N3O3S/c1-3-22-18(24-13-19(28-2)8-10-26-11-9-19)23-12-16(25)14-4-6-15(7-5-14)27-17(20)21/h4-7,16-17,25H,3,8-13H2,1-2H3,(H2,22,23,24). The number of aliphatic hydroxyl groups is 1. The number of hydrogen-bond acceptors (Lipinski definition) is 5. The second kappa shape index (κ2) is 11.4. The number of nitrogens with one attached hydrogen (secondary N) is 2. The zero-order chi connectivity index (χ0) is 20.4. The quantitative estimate of drug-likeness (QED) is 0.424. The Labute approximate surface area is 169 Å². The highest BCUT2D eigenvalue weighted by Gasteiger charge is 2.31. The summed E-state index contributed by atoms with van der Waals surface area (Å²) >= 11 is 1.82. The minimum Gasteiger partial charge on any atom is -0.435 e. The fourth-order valence-corrected chi connectivity index (χ4v) is 3.69. The van der Waals surface area contributed by atoms with Crippen molar-refractivity contribution < 1.29 is 23.4 Å². The van der Waals surface area contributed by atoms with Crippen LogP contribution in [0.1, 0.15) is 31.4 Å². The van der Waals surface area contributed by atoms with Crippen molar-refractivity contribution in [1.29, 1.82) is 0 Å². The summed E-state index contributed by atoms with van der Waals surface area (Å²) in [6.45, 7) is 2.25. The summed E-state index contributed by atoms with van der Waals surface area (Å²) in [5.74, 6) is 0.701. The van der Waals surface area contributed by atoms with Crippen LogP contribution in [0, 0.1) is 0 Å². The number of thioether (sulfide) groups is 1. The number of ether oxygens (including phenoxy) is 2. The highest BCUT2D eigenvalue weighted by Crippen LogP contribution is 2.34. The van der Waals surface area contributed by atoms with Gasteiger partial charge in [0.15, 0.2) is 5.96 Å². The van der Waals surface area contributed by atoms with Gasteiger partial charge in [0, 0.05) is 31.1 Å². The van der Waals surface area contributed by atoms with Crippen LogP contribution in [0.3, 0.4) is 0 Å². The van der Waals surface area contributed by atoms with Crippen molar-refractivity contribution in [1.82, 2.24) is 10.6 Å². The lowest BCUT2D eigenvalue weighted by Gasteiger charge is -2.34. The number of rotatable bonds is 9. The van der Waals surface area contributed by atoms with Crippen molar-refractivity contribution in [2.24, 2.45) is 4.99 Å². The second-order valence-electron chi connectivity index (χ2n) is 6.54. The summed E-state index contributed by atoms with van der Waals surface area (Å²) in [6, 6.07) is 5.96. The molecule has 0 aliphatic carbocycles. The average Bonchev–Trinajstić information content (AvgIpc) is 2.70. The average molecular weight is 418 g/mol. The van der Waals surface area contributed by atoms with Crippen molar-refractivity contribution >= 4 is 17.7 Å². The molecule has 158 valence electrons. The number of aliphatic hydroxyl groups excluding tert-OH is 1. The second-order valence-corrected chi connectivity index (χ2v) is 7.81. The first-order valence-electron chi connectivity index (χ1n) is 9.36. The summed E-state index contributed by atoms with van der Waals surface area (Å²) in [4.78, 5) is 4.70. The fourth-order valence-electron chi connectivity index (χ4n) is 2.92. The molecule has 0 bridgehead atoms. The Bertz CT molecular complexity index is 611. The molecule has 9 heteroatoms. The summed E-state index contributed by atoms with van der Waals surface area (Å²) in [5, 5.41) is 16.7. The zero-order valence-electron chi connectivity index (χ0n) is 16.3. The Balaban J connectivity index is 1.92. The van der Waals surface area contributed by atoms with Gasteiger partial charge >= 0.3 is 6.61 Å². The van der Waals surface area contributed by atoms with Crippen LogP contribution >= 0.6 is 11.8 Å². The number of nitrogens with zero attached hydrogens (tertiary/aromatic N) is 1. The molecule has 1 heterocycles. The minimum absolute atomic E-state index is 0.0626. The van der Waals surface area contributed by atoms with Crippen LogP contribution in [0.15, 0.2) is 29.3 Å². The normalized spacial score (nSPS) is 18.0. The number of aliphatic imine (C=N–C) groups is 1. The minimum atomic E-state index is -2.86. The molecule has 1 aromatic rings. The van der Waals surface area contributed by atoms with Gasteiger partial charge in [-0.25, -0.2) is 0 Å². The summed E-state index contributed by atoms with van der Waals surface area (Å²) < 4.78 is 34.3. The highest BCUT2D eigenvalue weighted by atomic mass is 32.2. The molecule has 1 unspecified atom stereocenters. The number of hydrogen-bond donors (Lipinski definition) is 3. The maximum atomic E-state index is 12.2. The molecular formula is C19H29F2N3O3S. The predicted octanol–water partition coefficient (Wildman–Crippen LogP) is 2.79. The maximum absolute atomic E-state index is 12.2. The molecule has 1 fully saturated rings. The molecule has 1 aliphatic rings. The van der Waals surface area contributed by atoms with Gasteiger partial charge in [-0.1, -0.05) is 12.1 Å². The lowest BCUT2D eigenvalue weighted by Crippen LogP contribution is -2.42. The van der Waals surface area contributed by atoms with Crippen molar-refractivity contribution in [3.63, 3.8) is 0 Å². The monoisotopic (exact) mass is 417 g/mol. The molecule has 0 amide bonds. The highest BCUT2D eigenvalue weighted by molar-refractivity contribution is 8.00. The number of benzene rings is 1. The summed E-state index contributed by atoms with van der Waals surface area (Å²) in [6.07, 6.45) is 3.23. The smallest absolute Gasteiger partial charge is 0.387 e. The lowest BCUT2D eigenvalue weighted by atomic mass is 9.99. The van der Waals surface area contributed by atoms with E-state index in [4.69, 9.17) is 9.73 Å². The van der Waals surface area contributed by atoms with Crippen molar-refractivity contribution in [2.75, 3.05) is 39.1 Å². The van der Waals surface area contributed by atoms with Gasteiger partial charge in [-0.05, 0) is 43.7 Å². The number of guanidine groups is 1. The molecule has 2 rings (SSSR count). The van der Waals surface area contributed by atoms with Gasteiger partial charge in [0.25, 0.3) is 0 Å². The SMILES string of the molecule is CCNC(=NCC1(SC)CCOCC1)NCC(O)c1ccc(OC(F)F)cc1. The van der Waals surface area contributed by atoms with Crippen LogP contribution in [-0.2, 0) is 4.74 Å². The van der Waals surface area contributed by atoms with Crippen LogP contribution < -0.4 is 15.4 Å². The van der Waals surface area contributed by atoms with E-state index < -0.39 is 12.7 Å². The van der Waals surface area contributed by atoms with E-state index in [1.165, 1.54) is 12.1 Å². The van der Waals surface area contributed by atoms with Crippen LogP contribution in [0.4, 0.5) is 8.78 Å². The first-order chi connectivity index (χ1) is 13.5. The molecule has 0 aromatic heterocycles. The zero-order valence-corrected chi connectivity index (χ0v) is 17.1. The third kappa shape index (κ3) is 7.10. The first-order valence-corrected chi connectivity index (χ1v) is 10.6.